The van der Waals surface area contributed by atoms with E-state index in [0.29, 0.717) is 19.6 Å². The summed E-state index contributed by atoms with van der Waals surface area (Å²) < 4.78 is 6.91. The first-order chi connectivity index (χ1) is 8.09. The molecule has 2 N–H and O–H groups in total. The van der Waals surface area contributed by atoms with Gasteiger partial charge in [0.1, 0.15) is 0 Å². The van der Waals surface area contributed by atoms with Crippen LogP contribution >= 0.6 is 0 Å². The lowest BCUT2D eigenvalue weighted by molar-refractivity contribution is 0.0246. The Bertz CT molecular complexity index is 323. The van der Waals surface area contributed by atoms with Crippen LogP contribution in [-0.2, 0) is 17.8 Å². The summed E-state index contributed by atoms with van der Waals surface area (Å²) in [6, 6.07) is 1.99. The van der Waals surface area contributed by atoms with Crippen molar-refractivity contribution in [3.05, 3.63) is 18.0 Å². The van der Waals surface area contributed by atoms with Gasteiger partial charge in [0.05, 0.1) is 11.3 Å². The van der Waals surface area contributed by atoms with Crippen LogP contribution in [0.15, 0.2) is 12.3 Å². The zero-order chi connectivity index (χ0) is 12.7. The van der Waals surface area contributed by atoms with E-state index in [-0.39, 0.29) is 0 Å². The van der Waals surface area contributed by atoms with Crippen molar-refractivity contribution in [2.75, 3.05) is 20.3 Å². The van der Waals surface area contributed by atoms with E-state index in [1.54, 1.807) is 13.3 Å². The number of methoxy groups -OCH3 is 1. The molecule has 0 fully saturated rings. The van der Waals surface area contributed by atoms with Crippen LogP contribution in [0.1, 0.15) is 26.0 Å². The van der Waals surface area contributed by atoms with Crippen LogP contribution in [0, 0.1) is 0 Å². The molecule has 0 saturated carbocycles. The molecule has 1 atom stereocenters. The number of hydrogen-bond donors (Lipinski definition) is 2. The maximum Gasteiger partial charge on any atom is 0.0765 e. The molecule has 1 heterocycles. The highest BCUT2D eigenvalue weighted by molar-refractivity contribution is 5.00. The fourth-order valence-electron chi connectivity index (χ4n) is 1.67. The van der Waals surface area contributed by atoms with Gasteiger partial charge in [0, 0.05) is 46.0 Å². The summed E-state index contributed by atoms with van der Waals surface area (Å²) in [5, 5.41) is 17.5. The van der Waals surface area contributed by atoms with Crippen molar-refractivity contribution in [3.8, 4) is 0 Å². The van der Waals surface area contributed by atoms with Crippen molar-refractivity contribution in [3.63, 3.8) is 0 Å². The number of ether oxygens (including phenoxy) is 1. The third-order valence-electron chi connectivity index (χ3n) is 2.76. The first-order valence-corrected chi connectivity index (χ1v) is 6.02. The van der Waals surface area contributed by atoms with E-state index in [1.165, 1.54) is 0 Å². The highest BCUT2D eigenvalue weighted by Crippen LogP contribution is 2.08. The SMILES string of the molecule is CCn1nccc1CNCC(C)(O)CCOC. The molecule has 0 aromatic carbocycles. The van der Waals surface area contributed by atoms with Gasteiger partial charge in [-0.25, -0.2) is 0 Å². The number of aryl methyl sites for hydroxylation is 1. The second kappa shape index (κ2) is 6.74. The number of aromatic nitrogens is 2. The third kappa shape index (κ3) is 4.85. The summed E-state index contributed by atoms with van der Waals surface area (Å²) in [6.45, 7) is 6.58. The molecule has 0 saturated heterocycles. The number of aliphatic hydroxyl groups is 1. The second-order valence-electron chi connectivity index (χ2n) is 4.48. The summed E-state index contributed by atoms with van der Waals surface area (Å²) in [6.07, 6.45) is 2.42. The number of hydrogen-bond acceptors (Lipinski definition) is 4. The van der Waals surface area contributed by atoms with E-state index < -0.39 is 5.60 Å². The van der Waals surface area contributed by atoms with Crippen molar-refractivity contribution >= 4 is 0 Å². The Kier molecular flexibility index (Phi) is 5.61. The summed E-state index contributed by atoms with van der Waals surface area (Å²) >= 11 is 0. The Morgan fingerprint density at radius 2 is 2.35 bits per heavy atom. The number of nitrogens with one attached hydrogen (secondary N) is 1. The zero-order valence-corrected chi connectivity index (χ0v) is 10.9. The maximum atomic E-state index is 10.0. The number of nitrogens with zero attached hydrogens (tertiary/aromatic N) is 2. The molecule has 0 amide bonds. The van der Waals surface area contributed by atoms with Gasteiger partial charge in [-0.05, 0) is 19.9 Å². The van der Waals surface area contributed by atoms with Crippen LogP contribution in [-0.4, -0.2) is 40.7 Å². The summed E-state index contributed by atoms with van der Waals surface area (Å²) in [4.78, 5) is 0. The monoisotopic (exact) mass is 241 g/mol. The molecule has 98 valence electrons. The van der Waals surface area contributed by atoms with Gasteiger partial charge in [-0.3, -0.25) is 4.68 Å². The molecule has 0 spiro atoms. The standard InChI is InChI=1S/C12H23N3O2/c1-4-15-11(5-7-14-15)9-13-10-12(2,16)6-8-17-3/h5,7,13,16H,4,6,8-10H2,1-3H3. The molecule has 1 unspecified atom stereocenters. The molecule has 1 aromatic heterocycles. The quantitative estimate of drug-likeness (QED) is 0.706. The van der Waals surface area contributed by atoms with Crippen molar-refractivity contribution in [1.29, 1.82) is 0 Å². The maximum absolute atomic E-state index is 10.0. The normalized spacial score (nSPS) is 14.8. The van der Waals surface area contributed by atoms with Crippen molar-refractivity contribution < 1.29 is 9.84 Å². The van der Waals surface area contributed by atoms with Gasteiger partial charge >= 0.3 is 0 Å². The molecule has 1 aromatic rings. The van der Waals surface area contributed by atoms with Crippen LogP contribution < -0.4 is 5.32 Å². The predicted molar refractivity (Wildman–Crippen MR) is 66.7 cm³/mol. The van der Waals surface area contributed by atoms with Gasteiger partial charge in [0.2, 0.25) is 0 Å². The first kappa shape index (κ1) is 14.2. The van der Waals surface area contributed by atoms with Gasteiger partial charge < -0.3 is 15.2 Å². The van der Waals surface area contributed by atoms with Gasteiger partial charge in [-0.1, -0.05) is 0 Å². The molecule has 5 nitrogen and oxygen atoms in total. The number of rotatable bonds is 8. The minimum Gasteiger partial charge on any atom is -0.389 e. The molecule has 0 aliphatic carbocycles. The highest BCUT2D eigenvalue weighted by Gasteiger charge is 2.19. The van der Waals surface area contributed by atoms with Crippen LogP contribution in [0.3, 0.4) is 0 Å². The van der Waals surface area contributed by atoms with Gasteiger partial charge in [0.25, 0.3) is 0 Å². The minimum atomic E-state index is -0.729. The average molecular weight is 241 g/mol. The summed E-state index contributed by atoms with van der Waals surface area (Å²) in [7, 11) is 1.64. The molecule has 0 radical (unpaired) electrons. The third-order valence-corrected chi connectivity index (χ3v) is 2.76. The Morgan fingerprint density at radius 1 is 1.59 bits per heavy atom. The lowest BCUT2D eigenvalue weighted by atomic mass is 10.0. The molecule has 0 aliphatic heterocycles. The summed E-state index contributed by atoms with van der Waals surface area (Å²) in [5.41, 5.74) is 0.405. The van der Waals surface area contributed by atoms with Crippen LogP contribution in [0.5, 0.6) is 0 Å². The molecule has 17 heavy (non-hydrogen) atoms. The smallest absolute Gasteiger partial charge is 0.0765 e. The van der Waals surface area contributed by atoms with E-state index in [0.717, 1.165) is 18.8 Å². The Morgan fingerprint density at radius 3 is 3.00 bits per heavy atom. The second-order valence-corrected chi connectivity index (χ2v) is 4.48. The lowest BCUT2D eigenvalue weighted by Crippen LogP contribution is -2.38. The molecular weight excluding hydrogens is 218 g/mol. The molecule has 0 aliphatic rings. The highest BCUT2D eigenvalue weighted by atomic mass is 16.5. The van der Waals surface area contributed by atoms with E-state index in [4.69, 9.17) is 4.74 Å². The molecular formula is C12H23N3O2. The Hall–Kier alpha value is -0.910. The predicted octanol–water partition coefficient (Wildman–Crippen LogP) is 0.780. The van der Waals surface area contributed by atoms with Crippen LogP contribution in [0.25, 0.3) is 0 Å². The fourth-order valence-corrected chi connectivity index (χ4v) is 1.67. The van der Waals surface area contributed by atoms with Crippen molar-refractivity contribution in [2.45, 2.75) is 39.0 Å². The van der Waals surface area contributed by atoms with Gasteiger partial charge in [-0.2, -0.15) is 5.10 Å². The van der Waals surface area contributed by atoms with Crippen molar-refractivity contribution in [1.82, 2.24) is 15.1 Å². The van der Waals surface area contributed by atoms with E-state index in [9.17, 15) is 5.11 Å². The summed E-state index contributed by atoms with van der Waals surface area (Å²) in [5.74, 6) is 0. The van der Waals surface area contributed by atoms with E-state index in [2.05, 4.69) is 17.3 Å². The van der Waals surface area contributed by atoms with E-state index >= 15 is 0 Å². The van der Waals surface area contributed by atoms with Crippen molar-refractivity contribution in [2.24, 2.45) is 0 Å². The molecule has 1 rings (SSSR count). The van der Waals surface area contributed by atoms with E-state index in [1.807, 2.05) is 17.7 Å². The van der Waals surface area contributed by atoms with Crippen LogP contribution in [0.4, 0.5) is 0 Å². The fraction of sp³-hybridized carbons (Fsp3) is 0.750. The van der Waals surface area contributed by atoms with Gasteiger partial charge in [-0.15, -0.1) is 0 Å². The first-order valence-electron chi connectivity index (χ1n) is 6.02. The lowest BCUT2D eigenvalue weighted by Gasteiger charge is -2.23. The zero-order valence-electron chi connectivity index (χ0n) is 10.9. The van der Waals surface area contributed by atoms with Crippen LogP contribution in [0.2, 0.25) is 0 Å². The van der Waals surface area contributed by atoms with Gasteiger partial charge in [0.15, 0.2) is 0 Å². The molecule has 0 bridgehead atoms. The Balaban J connectivity index is 2.32. The largest absolute Gasteiger partial charge is 0.389 e. The average Bonchev–Trinajstić information content (AvgIpc) is 2.74. The molecule has 5 heteroatoms. The Labute approximate surface area is 103 Å². The minimum absolute atomic E-state index is 0.547. The topological polar surface area (TPSA) is 59.3 Å².